The fraction of sp³-hybridized carbons (Fsp3) is 0.0526. The van der Waals surface area contributed by atoms with Crippen LogP contribution in [0.5, 0.6) is 5.75 Å². The normalized spacial score (nSPS) is 10.8. The maximum Gasteiger partial charge on any atom is 0.275 e. The van der Waals surface area contributed by atoms with Gasteiger partial charge in [-0.25, -0.2) is 5.43 Å². The van der Waals surface area contributed by atoms with Gasteiger partial charge in [0.05, 0.1) is 15.6 Å². The predicted octanol–water partition coefficient (Wildman–Crippen LogP) is 4.85. The molecule has 0 radical (unpaired) electrons. The second-order valence-corrected chi connectivity index (χ2v) is 7.61. The molecule has 1 N–H and O–H groups in total. The lowest BCUT2D eigenvalue weighted by atomic mass is 10.2. The Labute approximate surface area is 158 Å². The molecule has 0 saturated carbocycles. The number of benzene rings is 2. The van der Waals surface area contributed by atoms with Crippen LogP contribution in [0, 0.1) is 0 Å². The molecule has 3 aromatic rings. The molecular weight excluding hydrogens is 400 g/mol. The van der Waals surface area contributed by atoms with Crippen LogP contribution in [0.25, 0.3) is 0 Å². The van der Waals surface area contributed by atoms with E-state index in [9.17, 15) is 4.79 Å². The number of hydrazone groups is 1. The van der Waals surface area contributed by atoms with Gasteiger partial charge in [0.2, 0.25) is 0 Å². The number of thiophene rings is 1. The number of carbonyl (C=O) groups is 1. The Balaban J connectivity index is 1.65. The molecule has 0 saturated heterocycles. The molecule has 0 bridgehead atoms. The molecule has 0 atom stereocenters. The minimum absolute atomic E-state index is 0.310. The van der Waals surface area contributed by atoms with Crippen LogP contribution in [0.4, 0.5) is 0 Å². The summed E-state index contributed by atoms with van der Waals surface area (Å²) < 4.78 is 6.81. The summed E-state index contributed by atoms with van der Waals surface area (Å²) in [7, 11) is 0. The van der Waals surface area contributed by atoms with Crippen LogP contribution >= 0.6 is 27.3 Å². The zero-order chi connectivity index (χ0) is 17.5. The highest BCUT2D eigenvalue weighted by molar-refractivity contribution is 9.11. The lowest BCUT2D eigenvalue weighted by Gasteiger charge is -2.10. The maximum absolute atomic E-state index is 12.4. The highest BCUT2D eigenvalue weighted by Crippen LogP contribution is 2.21. The van der Waals surface area contributed by atoms with E-state index in [-0.39, 0.29) is 5.91 Å². The van der Waals surface area contributed by atoms with Gasteiger partial charge in [0, 0.05) is 4.88 Å². The van der Waals surface area contributed by atoms with Crippen molar-refractivity contribution in [1.29, 1.82) is 0 Å². The van der Waals surface area contributed by atoms with E-state index in [4.69, 9.17) is 4.74 Å². The van der Waals surface area contributed by atoms with Crippen molar-refractivity contribution >= 4 is 39.4 Å². The summed E-state index contributed by atoms with van der Waals surface area (Å²) in [4.78, 5) is 13.3. The van der Waals surface area contributed by atoms with Gasteiger partial charge >= 0.3 is 0 Å². The molecule has 2 aromatic carbocycles. The van der Waals surface area contributed by atoms with Gasteiger partial charge < -0.3 is 4.74 Å². The quantitative estimate of drug-likeness (QED) is 0.462. The Morgan fingerprint density at radius 3 is 2.60 bits per heavy atom. The second-order valence-electron chi connectivity index (χ2n) is 5.11. The van der Waals surface area contributed by atoms with Crippen molar-refractivity contribution < 1.29 is 9.53 Å². The van der Waals surface area contributed by atoms with Gasteiger partial charge in [0.15, 0.2) is 0 Å². The number of rotatable bonds is 6. The number of nitrogens with zero attached hydrogens (tertiary/aromatic N) is 1. The number of hydrogen-bond donors (Lipinski definition) is 1. The average molecular weight is 415 g/mol. The first-order valence-electron chi connectivity index (χ1n) is 7.57. The Kier molecular flexibility index (Phi) is 5.98. The summed E-state index contributed by atoms with van der Waals surface area (Å²) in [5.41, 5.74) is 4.03. The highest BCUT2D eigenvalue weighted by atomic mass is 79.9. The molecular formula is C19H15BrN2O2S. The van der Waals surface area contributed by atoms with E-state index in [0.717, 1.165) is 14.2 Å². The largest absolute Gasteiger partial charge is 0.488 e. The third kappa shape index (κ3) is 5.01. The van der Waals surface area contributed by atoms with Gasteiger partial charge in [-0.15, -0.1) is 11.3 Å². The van der Waals surface area contributed by atoms with Crippen molar-refractivity contribution in [3.63, 3.8) is 0 Å². The molecule has 1 heterocycles. The number of para-hydroxylation sites is 1. The fourth-order valence-corrected chi connectivity index (χ4v) is 3.42. The highest BCUT2D eigenvalue weighted by Gasteiger charge is 2.11. The zero-order valence-corrected chi connectivity index (χ0v) is 15.6. The SMILES string of the molecule is O=C(N/N=C/c1ccc(Br)s1)c1ccccc1OCc1ccccc1. The van der Waals surface area contributed by atoms with Crippen LogP contribution in [-0.2, 0) is 6.61 Å². The lowest BCUT2D eigenvalue weighted by molar-refractivity contribution is 0.0950. The van der Waals surface area contributed by atoms with Crippen LogP contribution in [0.3, 0.4) is 0 Å². The molecule has 0 fully saturated rings. The smallest absolute Gasteiger partial charge is 0.275 e. The molecule has 1 amide bonds. The van der Waals surface area contributed by atoms with Gasteiger partial charge in [-0.2, -0.15) is 5.10 Å². The Morgan fingerprint density at radius 2 is 1.84 bits per heavy atom. The fourth-order valence-electron chi connectivity index (χ4n) is 2.13. The summed E-state index contributed by atoms with van der Waals surface area (Å²) >= 11 is 4.92. The minimum atomic E-state index is -0.310. The maximum atomic E-state index is 12.4. The predicted molar refractivity (Wildman–Crippen MR) is 104 cm³/mol. The summed E-state index contributed by atoms with van der Waals surface area (Å²) in [5.74, 6) is 0.216. The van der Waals surface area contributed by atoms with Crippen LogP contribution in [0.1, 0.15) is 20.8 Å². The number of nitrogens with one attached hydrogen (secondary N) is 1. The Bertz CT molecular complexity index is 878. The molecule has 25 heavy (non-hydrogen) atoms. The number of carbonyl (C=O) groups excluding carboxylic acids is 1. The molecule has 0 aliphatic heterocycles. The monoisotopic (exact) mass is 414 g/mol. The molecule has 3 rings (SSSR count). The van der Waals surface area contributed by atoms with Crippen molar-refractivity contribution in [2.75, 3.05) is 0 Å². The number of hydrogen-bond acceptors (Lipinski definition) is 4. The standard InChI is InChI=1S/C19H15BrN2O2S/c20-18-11-10-15(25-18)12-21-22-19(23)16-8-4-5-9-17(16)24-13-14-6-2-1-3-7-14/h1-12H,13H2,(H,22,23)/b21-12+. The van der Waals surface area contributed by atoms with Crippen LogP contribution in [-0.4, -0.2) is 12.1 Å². The van der Waals surface area contributed by atoms with Crippen LogP contribution in [0.2, 0.25) is 0 Å². The average Bonchev–Trinajstić information content (AvgIpc) is 3.06. The molecule has 0 aliphatic carbocycles. The zero-order valence-electron chi connectivity index (χ0n) is 13.2. The van der Waals surface area contributed by atoms with E-state index in [1.54, 1.807) is 24.4 Å². The third-order valence-corrected chi connectivity index (χ3v) is 4.88. The molecule has 1 aromatic heterocycles. The van der Waals surface area contributed by atoms with Crippen LogP contribution < -0.4 is 10.2 Å². The lowest BCUT2D eigenvalue weighted by Crippen LogP contribution is -2.18. The van der Waals surface area contributed by atoms with Crippen molar-refractivity contribution in [2.24, 2.45) is 5.10 Å². The number of ether oxygens (including phenoxy) is 1. The van der Waals surface area contributed by atoms with Crippen molar-refractivity contribution in [3.8, 4) is 5.75 Å². The van der Waals surface area contributed by atoms with E-state index in [1.165, 1.54) is 11.3 Å². The second kappa shape index (κ2) is 8.60. The van der Waals surface area contributed by atoms with Gasteiger partial charge in [0.25, 0.3) is 5.91 Å². The van der Waals surface area contributed by atoms with E-state index in [1.807, 2.05) is 48.5 Å². The summed E-state index contributed by atoms with van der Waals surface area (Å²) in [6.45, 7) is 0.400. The van der Waals surface area contributed by atoms with Crippen molar-refractivity contribution in [2.45, 2.75) is 6.61 Å². The van der Waals surface area contributed by atoms with Crippen LogP contribution in [0.15, 0.2) is 75.6 Å². The van der Waals surface area contributed by atoms with Crippen molar-refractivity contribution in [3.05, 3.63) is 86.5 Å². The number of halogens is 1. The molecule has 0 aliphatic rings. The van der Waals surface area contributed by atoms with Gasteiger partial charge in [-0.3, -0.25) is 4.79 Å². The first-order valence-corrected chi connectivity index (χ1v) is 9.18. The molecule has 6 heteroatoms. The first-order chi connectivity index (χ1) is 12.2. The first kappa shape index (κ1) is 17.4. The van der Waals surface area contributed by atoms with Gasteiger partial charge in [-0.1, -0.05) is 42.5 Å². The third-order valence-electron chi connectivity index (χ3n) is 3.32. The molecule has 4 nitrogen and oxygen atoms in total. The summed E-state index contributed by atoms with van der Waals surface area (Å²) in [5, 5.41) is 4.00. The minimum Gasteiger partial charge on any atom is -0.488 e. The van der Waals surface area contributed by atoms with E-state index in [2.05, 4.69) is 26.5 Å². The molecule has 0 unspecified atom stereocenters. The van der Waals surface area contributed by atoms with E-state index in [0.29, 0.717) is 17.9 Å². The summed E-state index contributed by atoms with van der Waals surface area (Å²) in [6.07, 6.45) is 1.61. The topological polar surface area (TPSA) is 50.7 Å². The molecule has 0 spiro atoms. The number of amides is 1. The molecule has 126 valence electrons. The van der Waals surface area contributed by atoms with E-state index < -0.39 is 0 Å². The summed E-state index contributed by atoms with van der Waals surface area (Å²) in [6, 6.07) is 20.8. The Hall–Kier alpha value is -2.44. The van der Waals surface area contributed by atoms with E-state index >= 15 is 0 Å². The van der Waals surface area contributed by atoms with Crippen molar-refractivity contribution in [1.82, 2.24) is 5.43 Å². The van der Waals surface area contributed by atoms with Gasteiger partial charge in [-0.05, 0) is 45.8 Å². The Morgan fingerprint density at radius 1 is 1.08 bits per heavy atom. The van der Waals surface area contributed by atoms with Gasteiger partial charge in [0.1, 0.15) is 12.4 Å².